The lowest BCUT2D eigenvalue weighted by Gasteiger charge is -2.33. The predicted molar refractivity (Wildman–Crippen MR) is 128 cm³/mol. The average Bonchev–Trinajstić information content (AvgIpc) is 2.82. The minimum absolute atomic E-state index is 0.0221. The number of carbonyl (C=O) groups is 2. The fourth-order valence-corrected chi connectivity index (χ4v) is 4.36. The van der Waals surface area contributed by atoms with Crippen molar-refractivity contribution < 1.29 is 19.1 Å². The molecule has 178 valence electrons. The van der Waals surface area contributed by atoms with Gasteiger partial charge in [-0.2, -0.15) is 0 Å². The van der Waals surface area contributed by atoms with Gasteiger partial charge in [-0.05, 0) is 54.2 Å². The number of hydrogen-bond donors (Lipinski definition) is 1. The second kappa shape index (κ2) is 11.2. The molecule has 7 heteroatoms. The average molecular weight is 454 g/mol. The largest absolute Gasteiger partial charge is 0.493 e. The number of aryl methyl sites for hydroxylation is 1. The third-order valence-corrected chi connectivity index (χ3v) is 6.32. The third kappa shape index (κ3) is 6.05. The Balaban J connectivity index is 1.73. The van der Waals surface area contributed by atoms with Crippen LogP contribution in [0.3, 0.4) is 0 Å². The first-order valence-electron chi connectivity index (χ1n) is 11.5. The first-order valence-corrected chi connectivity index (χ1v) is 11.5. The van der Waals surface area contributed by atoms with E-state index in [9.17, 15) is 9.59 Å². The van der Waals surface area contributed by atoms with E-state index in [1.165, 1.54) is 5.56 Å². The zero-order valence-electron chi connectivity index (χ0n) is 20.1. The minimum atomic E-state index is -0.446. The number of hydrogen-bond acceptors (Lipinski definition) is 5. The Bertz CT molecular complexity index is 974. The van der Waals surface area contributed by atoms with Crippen LogP contribution in [0.25, 0.3) is 0 Å². The van der Waals surface area contributed by atoms with Crippen LogP contribution >= 0.6 is 0 Å². The van der Waals surface area contributed by atoms with Crippen molar-refractivity contribution >= 4 is 11.8 Å². The molecule has 0 bridgehead atoms. The molecule has 0 fully saturated rings. The summed E-state index contributed by atoms with van der Waals surface area (Å²) in [5.41, 5.74) is 10.1. The van der Waals surface area contributed by atoms with Crippen LogP contribution in [0.4, 0.5) is 0 Å². The van der Waals surface area contributed by atoms with Gasteiger partial charge in [0.25, 0.3) is 0 Å². The lowest BCUT2D eigenvalue weighted by molar-refractivity contribution is -0.134. The van der Waals surface area contributed by atoms with Gasteiger partial charge in [-0.25, -0.2) is 0 Å². The van der Waals surface area contributed by atoms with Gasteiger partial charge in [0, 0.05) is 19.1 Å². The van der Waals surface area contributed by atoms with Gasteiger partial charge in [0.1, 0.15) is 0 Å². The molecule has 0 aromatic heterocycles. The molecule has 1 heterocycles. The van der Waals surface area contributed by atoms with E-state index in [1.54, 1.807) is 14.2 Å². The molecule has 0 saturated heterocycles. The first kappa shape index (κ1) is 24.6. The summed E-state index contributed by atoms with van der Waals surface area (Å²) >= 11 is 0. The maximum Gasteiger partial charge on any atom is 0.237 e. The quantitative estimate of drug-likeness (QED) is 0.598. The Hall–Kier alpha value is -3.06. The molecule has 0 aliphatic carbocycles. The minimum Gasteiger partial charge on any atom is -0.493 e. The summed E-state index contributed by atoms with van der Waals surface area (Å²) in [5, 5.41) is 0. The number of rotatable bonds is 10. The van der Waals surface area contributed by atoms with Crippen LogP contribution in [-0.4, -0.2) is 55.5 Å². The molecular formula is C26H35N3O4. The van der Waals surface area contributed by atoms with Crippen molar-refractivity contribution in [3.8, 4) is 11.5 Å². The van der Waals surface area contributed by atoms with E-state index in [1.807, 2.05) is 28.9 Å². The third-order valence-electron chi connectivity index (χ3n) is 6.32. The molecule has 0 unspecified atom stereocenters. The molecule has 2 N–H and O–H groups in total. The molecule has 2 amide bonds. The number of fused-ring (bicyclic) bond motifs is 1. The monoisotopic (exact) mass is 453 g/mol. The Morgan fingerprint density at radius 1 is 1.06 bits per heavy atom. The van der Waals surface area contributed by atoms with Crippen LogP contribution in [0.5, 0.6) is 11.5 Å². The van der Waals surface area contributed by atoms with E-state index in [2.05, 4.69) is 31.2 Å². The van der Waals surface area contributed by atoms with Crippen LogP contribution in [0.1, 0.15) is 48.6 Å². The predicted octanol–water partition coefficient (Wildman–Crippen LogP) is 3.09. The van der Waals surface area contributed by atoms with E-state index in [0.29, 0.717) is 24.6 Å². The van der Waals surface area contributed by atoms with Gasteiger partial charge in [0.05, 0.1) is 27.3 Å². The van der Waals surface area contributed by atoms with Crippen molar-refractivity contribution in [1.82, 2.24) is 9.80 Å². The van der Waals surface area contributed by atoms with Gasteiger partial charge in [-0.15, -0.1) is 0 Å². The highest BCUT2D eigenvalue weighted by molar-refractivity contribution is 5.81. The van der Waals surface area contributed by atoms with E-state index in [0.717, 1.165) is 36.0 Å². The van der Waals surface area contributed by atoms with Crippen LogP contribution in [-0.2, 0) is 29.0 Å². The van der Waals surface area contributed by atoms with Crippen LogP contribution in [0, 0.1) is 0 Å². The zero-order valence-corrected chi connectivity index (χ0v) is 20.1. The summed E-state index contributed by atoms with van der Waals surface area (Å²) in [6, 6.07) is 12.2. The van der Waals surface area contributed by atoms with Gasteiger partial charge in [0.2, 0.25) is 11.8 Å². The second-order valence-electron chi connectivity index (χ2n) is 8.58. The summed E-state index contributed by atoms with van der Waals surface area (Å²) in [7, 11) is 3.22. The first-order chi connectivity index (χ1) is 15.9. The number of methoxy groups -OCH3 is 2. The molecule has 0 radical (unpaired) electrons. The molecular weight excluding hydrogens is 418 g/mol. The Labute approximate surface area is 196 Å². The molecule has 33 heavy (non-hydrogen) atoms. The molecule has 3 rings (SSSR count). The molecule has 0 spiro atoms. The lowest BCUT2D eigenvalue weighted by Crippen LogP contribution is -2.45. The van der Waals surface area contributed by atoms with Gasteiger partial charge in [-0.3, -0.25) is 14.5 Å². The SMILES string of the molecule is CCCc1ccc([C@H](C)N(CC(N)=O)CC(=O)N2CCc3cc(OC)c(OC)cc3C2)cc1. The Kier molecular flexibility index (Phi) is 8.33. The number of nitrogens with zero attached hydrogens (tertiary/aromatic N) is 2. The molecule has 1 atom stereocenters. The summed E-state index contributed by atoms with van der Waals surface area (Å²) in [6.07, 6.45) is 2.87. The summed E-state index contributed by atoms with van der Waals surface area (Å²) in [5.74, 6) is 0.882. The molecule has 1 aliphatic rings. The summed E-state index contributed by atoms with van der Waals surface area (Å²) in [6.45, 7) is 5.43. The van der Waals surface area contributed by atoms with Gasteiger partial charge < -0.3 is 20.1 Å². The van der Waals surface area contributed by atoms with Gasteiger partial charge in [-0.1, -0.05) is 37.6 Å². The van der Waals surface area contributed by atoms with Crippen molar-refractivity contribution in [3.05, 3.63) is 58.7 Å². The molecule has 2 aromatic rings. The standard InChI is InChI=1S/C26H35N3O4/c1-5-6-19-7-9-20(10-8-19)18(2)29(16-25(27)30)17-26(31)28-12-11-21-13-23(32-3)24(33-4)14-22(21)15-28/h7-10,13-14,18H,5-6,11-12,15-17H2,1-4H3,(H2,27,30)/t18-/m0/s1. The highest BCUT2D eigenvalue weighted by Crippen LogP contribution is 2.33. The lowest BCUT2D eigenvalue weighted by atomic mass is 9.98. The van der Waals surface area contributed by atoms with E-state index in [4.69, 9.17) is 15.2 Å². The number of nitrogens with two attached hydrogens (primary N) is 1. The topological polar surface area (TPSA) is 85.1 Å². The summed E-state index contributed by atoms with van der Waals surface area (Å²) in [4.78, 5) is 28.7. The smallest absolute Gasteiger partial charge is 0.237 e. The number of ether oxygens (including phenoxy) is 2. The van der Waals surface area contributed by atoms with Crippen molar-refractivity contribution in [2.75, 3.05) is 33.9 Å². The highest BCUT2D eigenvalue weighted by Gasteiger charge is 2.27. The summed E-state index contributed by atoms with van der Waals surface area (Å²) < 4.78 is 10.8. The van der Waals surface area contributed by atoms with Crippen LogP contribution in [0.2, 0.25) is 0 Å². The normalized spacial score (nSPS) is 14.0. The maximum atomic E-state index is 13.2. The second-order valence-corrected chi connectivity index (χ2v) is 8.58. The van der Waals surface area contributed by atoms with Gasteiger partial charge >= 0.3 is 0 Å². The van der Waals surface area contributed by atoms with Crippen LogP contribution in [0.15, 0.2) is 36.4 Å². The van der Waals surface area contributed by atoms with Crippen LogP contribution < -0.4 is 15.2 Å². The Morgan fingerprint density at radius 3 is 2.27 bits per heavy atom. The van der Waals surface area contributed by atoms with Crippen molar-refractivity contribution in [2.24, 2.45) is 5.73 Å². The molecule has 2 aromatic carbocycles. The fraction of sp³-hybridized carbons (Fsp3) is 0.462. The van der Waals surface area contributed by atoms with Gasteiger partial charge in [0.15, 0.2) is 11.5 Å². The van der Waals surface area contributed by atoms with E-state index in [-0.39, 0.29) is 25.0 Å². The molecule has 1 aliphatic heterocycles. The van der Waals surface area contributed by atoms with Crippen molar-refractivity contribution in [3.63, 3.8) is 0 Å². The number of benzene rings is 2. The highest BCUT2D eigenvalue weighted by atomic mass is 16.5. The fourth-order valence-electron chi connectivity index (χ4n) is 4.36. The number of primary amides is 1. The molecule has 7 nitrogen and oxygen atoms in total. The zero-order chi connectivity index (χ0) is 24.0. The Morgan fingerprint density at radius 2 is 1.70 bits per heavy atom. The van der Waals surface area contributed by atoms with E-state index >= 15 is 0 Å². The van der Waals surface area contributed by atoms with Crippen molar-refractivity contribution in [1.29, 1.82) is 0 Å². The number of carbonyl (C=O) groups excluding carboxylic acids is 2. The molecule has 0 saturated carbocycles. The van der Waals surface area contributed by atoms with E-state index < -0.39 is 5.91 Å². The number of amides is 2. The van der Waals surface area contributed by atoms with Crippen molar-refractivity contribution in [2.45, 2.75) is 45.7 Å². The maximum absolute atomic E-state index is 13.2.